The molecule has 2 rings (SSSR count). The summed E-state index contributed by atoms with van der Waals surface area (Å²) in [6.07, 6.45) is 0.897. The van der Waals surface area contributed by atoms with Gasteiger partial charge in [-0.1, -0.05) is 39.8 Å². The topological polar surface area (TPSA) is 58.2 Å². The van der Waals surface area contributed by atoms with Gasteiger partial charge in [-0.15, -0.1) is 0 Å². The van der Waals surface area contributed by atoms with Gasteiger partial charge in [0.05, 0.1) is 0 Å². The van der Waals surface area contributed by atoms with Crippen molar-refractivity contribution in [3.05, 3.63) is 65.2 Å². The van der Waals surface area contributed by atoms with Crippen LogP contribution in [0.4, 0.5) is 5.69 Å². The van der Waals surface area contributed by atoms with Crippen molar-refractivity contribution in [1.29, 1.82) is 0 Å². The fraction of sp³-hybridized carbons (Fsp3) is 0.333. The zero-order chi connectivity index (χ0) is 18.4. The average Bonchev–Trinajstić information content (AvgIpc) is 2.59. The smallest absolute Gasteiger partial charge is 0.255 e. The van der Waals surface area contributed by atoms with E-state index in [1.54, 1.807) is 24.3 Å². The quantitative estimate of drug-likeness (QED) is 0.850. The number of carbonyl (C=O) groups is 2. The minimum absolute atomic E-state index is 0.0587. The van der Waals surface area contributed by atoms with Gasteiger partial charge in [0.1, 0.15) is 0 Å². The lowest BCUT2D eigenvalue weighted by molar-refractivity contribution is 0.0953. The number of anilines is 1. The number of hydrogen-bond acceptors (Lipinski definition) is 2. The van der Waals surface area contributed by atoms with Gasteiger partial charge in [-0.3, -0.25) is 9.59 Å². The first-order valence-electron chi connectivity index (χ1n) is 8.61. The van der Waals surface area contributed by atoms with Crippen molar-refractivity contribution in [3.63, 3.8) is 0 Å². The average molecular weight is 338 g/mol. The molecule has 0 aromatic heterocycles. The second kappa shape index (κ2) is 7.97. The van der Waals surface area contributed by atoms with Gasteiger partial charge in [0.15, 0.2) is 0 Å². The Hall–Kier alpha value is -2.62. The van der Waals surface area contributed by atoms with Crippen molar-refractivity contribution in [2.45, 2.75) is 39.5 Å². The van der Waals surface area contributed by atoms with E-state index in [1.165, 1.54) is 5.56 Å². The molecule has 2 aromatic rings. The summed E-state index contributed by atoms with van der Waals surface area (Å²) in [4.78, 5) is 24.2. The molecular weight excluding hydrogens is 312 g/mol. The van der Waals surface area contributed by atoms with E-state index in [2.05, 4.69) is 31.4 Å². The molecule has 0 aliphatic carbocycles. The minimum atomic E-state index is -0.163. The van der Waals surface area contributed by atoms with Crippen molar-refractivity contribution in [2.75, 3.05) is 11.9 Å². The van der Waals surface area contributed by atoms with Crippen LogP contribution in [-0.4, -0.2) is 18.4 Å². The van der Waals surface area contributed by atoms with Crippen molar-refractivity contribution >= 4 is 17.5 Å². The predicted octanol–water partition coefficient (Wildman–Crippen LogP) is 4.38. The largest absolute Gasteiger partial charge is 0.352 e. The maximum Gasteiger partial charge on any atom is 0.255 e. The Kier molecular flexibility index (Phi) is 5.97. The second-order valence-corrected chi connectivity index (χ2v) is 7.11. The summed E-state index contributed by atoms with van der Waals surface area (Å²) in [7, 11) is 0. The molecule has 0 unspecified atom stereocenters. The van der Waals surface area contributed by atoms with Crippen molar-refractivity contribution in [2.24, 2.45) is 0 Å². The van der Waals surface area contributed by atoms with Crippen LogP contribution in [0, 0.1) is 0 Å². The fourth-order valence-electron chi connectivity index (χ4n) is 2.37. The van der Waals surface area contributed by atoms with Crippen LogP contribution in [-0.2, 0) is 5.41 Å². The Morgan fingerprint density at radius 1 is 0.840 bits per heavy atom. The molecule has 2 aromatic carbocycles. The third kappa shape index (κ3) is 5.18. The molecule has 132 valence electrons. The predicted molar refractivity (Wildman–Crippen MR) is 102 cm³/mol. The highest BCUT2D eigenvalue weighted by Crippen LogP contribution is 2.22. The van der Waals surface area contributed by atoms with Gasteiger partial charge < -0.3 is 10.6 Å². The second-order valence-electron chi connectivity index (χ2n) is 7.11. The van der Waals surface area contributed by atoms with E-state index in [1.807, 2.05) is 31.2 Å². The van der Waals surface area contributed by atoms with Crippen molar-refractivity contribution < 1.29 is 9.59 Å². The van der Waals surface area contributed by atoms with Crippen molar-refractivity contribution in [1.82, 2.24) is 5.32 Å². The molecule has 0 fully saturated rings. The van der Waals surface area contributed by atoms with Gasteiger partial charge in [-0.25, -0.2) is 0 Å². The molecule has 0 atom stereocenters. The van der Waals surface area contributed by atoms with Crippen LogP contribution in [0.25, 0.3) is 0 Å². The maximum atomic E-state index is 12.3. The SMILES string of the molecule is CCCNC(=O)c1ccc(NC(=O)c2ccc(C(C)(C)C)cc2)cc1. The van der Waals surface area contributed by atoms with E-state index in [4.69, 9.17) is 0 Å². The molecule has 4 heteroatoms. The van der Waals surface area contributed by atoms with Crippen LogP contribution < -0.4 is 10.6 Å². The summed E-state index contributed by atoms with van der Waals surface area (Å²) in [6, 6.07) is 14.5. The number of rotatable bonds is 5. The summed E-state index contributed by atoms with van der Waals surface area (Å²) in [6.45, 7) is 9.08. The molecule has 0 heterocycles. The lowest BCUT2D eigenvalue weighted by Gasteiger charge is -2.19. The molecule has 0 spiro atoms. The van der Waals surface area contributed by atoms with Gasteiger partial charge in [0.2, 0.25) is 0 Å². The fourth-order valence-corrected chi connectivity index (χ4v) is 2.37. The molecule has 2 N–H and O–H groups in total. The highest BCUT2D eigenvalue weighted by Gasteiger charge is 2.14. The van der Waals surface area contributed by atoms with Gasteiger partial charge in [-0.05, 0) is 53.8 Å². The molecule has 0 radical (unpaired) electrons. The maximum absolute atomic E-state index is 12.3. The van der Waals surface area contributed by atoms with Crippen LogP contribution in [0.15, 0.2) is 48.5 Å². The molecule has 0 aliphatic rings. The van der Waals surface area contributed by atoms with Gasteiger partial charge >= 0.3 is 0 Å². The summed E-state index contributed by atoms with van der Waals surface area (Å²) < 4.78 is 0. The molecule has 0 saturated carbocycles. The van der Waals surface area contributed by atoms with Crippen LogP contribution in [0.2, 0.25) is 0 Å². The van der Waals surface area contributed by atoms with E-state index in [-0.39, 0.29) is 17.2 Å². The van der Waals surface area contributed by atoms with Gasteiger partial charge in [-0.2, -0.15) is 0 Å². The standard InChI is InChI=1S/C21H26N2O2/c1-5-14-22-19(24)15-8-12-18(13-9-15)23-20(25)16-6-10-17(11-7-16)21(2,3)4/h6-13H,5,14H2,1-4H3,(H,22,24)(H,23,25). The zero-order valence-corrected chi connectivity index (χ0v) is 15.3. The molecule has 0 aliphatic heterocycles. The first kappa shape index (κ1) is 18.7. The van der Waals surface area contributed by atoms with Crippen molar-refractivity contribution in [3.8, 4) is 0 Å². The molecule has 2 amide bonds. The molecule has 4 nitrogen and oxygen atoms in total. The summed E-state index contributed by atoms with van der Waals surface area (Å²) >= 11 is 0. The third-order valence-corrected chi connectivity index (χ3v) is 3.95. The van der Waals surface area contributed by atoms with Gasteiger partial charge in [0, 0.05) is 23.4 Å². The Bertz CT molecular complexity index is 726. The number of amides is 2. The Balaban J connectivity index is 2.02. The molecule has 0 bridgehead atoms. The van der Waals surface area contributed by atoms with E-state index in [0.29, 0.717) is 23.4 Å². The highest BCUT2D eigenvalue weighted by molar-refractivity contribution is 6.04. The van der Waals surface area contributed by atoms with E-state index < -0.39 is 0 Å². The lowest BCUT2D eigenvalue weighted by atomic mass is 9.87. The Morgan fingerprint density at radius 2 is 1.36 bits per heavy atom. The summed E-state index contributed by atoms with van der Waals surface area (Å²) in [5.41, 5.74) is 3.10. The Labute approximate surface area is 149 Å². The van der Waals surface area contributed by atoms with Gasteiger partial charge in [0.25, 0.3) is 11.8 Å². The summed E-state index contributed by atoms with van der Waals surface area (Å²) in [5.74, 6) is -0.263. The number of hydrogen-bond donors (Lipinski definition) is 2. The monoisotopic (exact) mass is 338 g/mol. The Morgan fingerprint density at radius 3 is 1.88 bits per heavy atom. The van der Waals surface area contributed by atoms with Crippen LogP contribution in [0.5, 0.6) is 0 Å². The zero-order valence-electron chi connectivity index (χ0n) is 15.3. The van der Waals surface area contributed by atoms with E-state index in [0.717, 1.165) is 6.42 Å². The molecule has 0 saturated heterocycles. The number of nitrogens with one attached hydrogen (secondary N) is 2. The third-order valence-electron chi connectivity index (χ3n) is 3.95. The normalized spacial score (nSPS) is 11.0. The molecule has 25 heavy (non-hydrogen) atoms. The van der Waals surface area contributed by atoms with Crippen LogP contribution in [0.3, 0.4) is 0 Å². The first-order chi connectivity index (χ1) is 11.8. The molecular formula is C21H26N2O2. The number of benzene rings is 2. The highest BCUT2D eigenvalue weighted by atomic mass is 16.2. The van der Waals surface area contributed by atoms with Crippen LogP contribution >= 0.6 is 0 Å². The van der Waals surface area contributed by atoms with E-state index >= 15 is 0 Å². The summed E-state index contributed by atoms with van der Waals surface area (Å²) in [5, 5.41) is 5.68. The lowest BCUT2D eigenvalue weighted by Crippen LogP contribution is -2.23. The van der Waals surface area contributed by atoms with E-state index in [9.17, 15) is 9.59 Å². The first-order valence-corrected chi connectivity index (χ1v) is 8.61. The number of carbonyl (C=O) groups excluding carboxylic acids is 2. The minimum Gasteiger partial charge on any atom is -0.352 e. The van der Waals surface area contributed by atoms with Crippen LogP contribution in [0.1, 0.15) is 60.4 Å².